The van der Waals surface area contributed by atoms with Gasteiger partial charge >= 0.3 is 0 Å². The van der Waals surface area contributed by atoms with E-state index < -0.39 is 0 Å². The fraction of sp³-hybridized carbons (Fsp3) is 0.567. The Morgan fingerprint density at radius 2 is 1.69 bits per heavy atom. The van der Waals surface area contributed by atoms with Gasteiger partial charge in [0.25, 0.3) is 5.91 Å². The van der Waals surface area contributed by atoms with Crippen LogP contribution < -0.4 is 4.90 Å². The number of anilines is 1. The Kier molecular flexibility index (Phi) is 7.34. The predicted molar refractivity (Wildman–Crippen MR) is 151 cm³/mol. The Balaban J connectivity index is 1.37. The summed E-state index contributed by atoms with van der Waals surface area (Å²) in [6, 6.07) is 8.18. The molecule has 0 bridgehead atoms. The van der Waals surface area contributed by atoms with E-state index in [-0.39, 0.29) is 11.3 Å². The molecule has 1 aliphatic carbocycles. The first-order chi connectivity index (χ1) is 17.3. The number of hydrogen-bond acceptors (Lipinski definition) is 5. The van der Waals surface area contributed by atoms with E-state index in [4.69, 9.17) is 9.97 Å². The van der Waals surface area contributed by atoms with Gasteiger partial charge in [0.1, 0.15) is 16.5 Å². The van der Waals surface area contributed by atoms with Crippen LogP contribution in [0.4, 0.5) is 5.82 Å². The van der Waals surface area contributed by atoms with Crippen LogP contribution >= 0.6 is 11.3 Å². The minimum atomic E-state index is 0.0892. The highest BCUT2D eigenvalue weighted by molar-refractivity contribution is 7.19. The molecule has 0 saturated carbocycles. The van der Waals surface area contributed by atoms with Crippen molar-refractivity contribution in [3.63, 3.8) is 0 Å². The van der Waals surface area contributed by atoms with Crippen LogP contribution in [0.3, 0.4) is 0 Å². The highest BCUT2D eigenvalue weighted by atomic mass is 32.1. The molecule has 2 aromatic heterocycles. The lowest BCUT2D eigenvalue weighted by Gasteiger charge is -2.36. The Labute approximate surface area is 219 Å². The monoisotopic (exact) mass is 504 g/mol. The number of piperazine rings is 1. The van der Waals surface area contributed by atoms with Crippen molar-refractivity contribution in [2.45, 2.75) is 84.5 Å². The van der Waals surface area contributed by atoms with Gasteiger partial charge in [-0.2, -0.15) is 0 Å². The highest BCUT2D eigenvalue weighted by Gasteiger charge is 2.28. The Hall–Kier alpha value is -2.47. The minimum Gasteiger partial charge on any atom is -0.352 e. The molecule has 3 heterocycles. The maximum atomic E-state index is 13.3. The van der Waals surface area contributed by atoms with E-state index in [1.807, 2.05) is 28.4 Å². The quantitative estimate of drug-likeness (QED) is 0.369. The van der Waals surface area contributed by atoms with Gasteiger partial charge in [-0.05, 0) is 60.8 Å². The summed E-state index contributed by atoms with van der Waals surface area (Å²) in [4.78, 5) is 30.6. The van der Waals surface area contributed by atoms with Gasteiger partial charge in [-0.1, -0.05) is 52.7 Å². The second kappa shape index (κ2) is 10.5. The molecule has 6 heteroatoms. The van der Waals surface area contributed by atoms with Crippen LogP contribution in [0.1, 0.15) is 92.0 Å². The minimum absolute atomic E-state index is 0.0892. The lowest BCUT2D eigenvalue weighted by atomic mass is 9.86. The fourth-order valence-electron chi connectivity index (χ4n) is 5.45. The Morgan fingerprint density at radius 3 is 2.39 bits per heavy atom. The molecule has 5 nitrogen and oxygen atoms in total. The molecule has 0 atom stereocenters. The van der Waals surface area contributed by atoms with Gasteiger partial charge in [0.05, 0.1) is 5.39 Å². The van der Waals surface area contributed by atoms with Crippen molar-refractivity contribution in [2.75, 3.05) is 31.1 Å². The predicted octanol–water partition coefficient (Wildman–Crippen LogP) is 6.56. The van der Waals surface area contributed by atoms with Gasteiger partial charge < -0.3 is 9.80 Å². The molecule has 0 unspecified atom stereocenters. The summed E-state index contributed by atoms with van der Waals surface area (Å²) in [6.07, 6.45) is 9.37. The molecule has 0 radical (unpaired) electrons. The zero-order valence-electron chi connectivity index (χ0n) is 22.4. The van der Waals surface area contributed by atoms with Crippen LogP contribution in [0.15, 0.2) is 24.3 Å². The van der Waals surface area contributed by atoms with Crippen molar-refractivity contribution in [3.05, 3.63) is 51.7 Å². The number of benzene rings is 1. The smallest absolute Gasteiger partial charge is 0.253 e. The molecule has 36 heavy (non-hydrogen) atoms. The van der Waals surface area contributed by atoms with Crippen LogP contribution in [-0.4, -0.2) is 47.0 Å². The van der Waals surface area contributed by atoms with Gasteiger partial charge in [-0.15, -0.1) is 11.3 Å². The second-order valence-electron chi connectivity index (χ2n) is 11.4. The number of carbonyl (C=O) groups excluding carboxylic acids is 1. The summed E-state index contributed by atoms with van der Waals surface area (Å²) in [5, 5.41) is 1.30. The van der Waals surface area contributed by atoms with Crippen molar-refractivity contribution in [1.82, 2.24) is 14.9 Å². The number of amides is 1. The zero-order valence-corrected chi connectivity index (χ0v) is 23.2. The summed E-state index contributed by atoms with van der Waals surface area (Å²) >= 11 is 1.90. The molecular formula is C30H40N4OS. The Morgan fingerprint density at radius 1 is 0.972 bits per heavy atom. The third-order valence-electron chi connectivity index (χ3n) is 7.71. The third-order valence-corrected chi connectivity index (χ3v) is 8.90. The van der Waals surface area contributed by atoms with Crippen molar-refractivity contribution >= 4 is 33.3 Å². The first-order valence-corrected chi connectivity index (χ1v) is 14.6. The molecule has 3 aromatic rings. The molecule has 1 amide bonds. The molecule has 1 aliphatic heterocycles. The summed E-state index contributed by atoms with van der Waals surface area (Å²) in [5.74, 6) is 2.23. The molecule has 5 rings (SSSR count). The SMILES string of the molecule is CCCCc1nc(N2CCN(C(=O)c3ccc(C(C)(C)C)cc3)CC2)c2c3c(sc2n1)CCCCC3. The topological polar surface area (TPSA) is 49.3 Å². The summed E-state index contributed by atoms with van der Waals surface area (Å²) < 4.78 is 0. The number of aromatic nitrogens is 2. The van der Waals surface area contributed by atoms with E-state index in [1.54, 1.807) is 0 Å². The molecule has 1 aromatic carbocycles. The van der Waals surface area contributed by atoms with Crippen LogP contribution in [-0.2, 0) is 24.7 Å². The lowest BCUT2D eigenvalue weighted by molar-refractivity contribution is 0.0746. The molecule has 0 spiro atoms. The number of carbonyl (C=O) groups is 1. The number of unbranched alkanes of at least 4 members (excludes halogenated alkanes) is 1. The normalized spacial score (nSPS) is 16.8. The molecule has 192 valence electrons. The second-order valence-corrected chi connectivity index (χ2v) is 12.5. The van der Waals surface area contributed by atoms with Crippen molar-refractivity contribution < 1.29 is 4.79 Å². The first kappa shape index (κ1) is 25.2. The van der Waals surface area contributed by atoms with Gasteiger partial charge in [0.2, 0.25) is 0 Å². The number of hydrogen-bond donors (Lipinski definition) is 0. The molecule has 1 fully saturated rings. The molecule has 1 saturated heterocycles. The third kappa shape index (κ3) is 5.15. The summed E-state index contributed by atoms with van der Waals surface area (Å²) in [5.41, 5.74) is 3.63. The number of rotatable bonds is 5. The molecule has 0 N–H and O–H groups in total. The van der Waals surface area contributed by atoms with E-state index in [9.17, 15) is 4.79 Å². The number of fused-ring (bicyclic) bond motifs is 3. The highest BCUT2D eigenvalue weighted by Crippen LogP contribution is 2.39. The maximum Gasteiger partial charge on any atom is 0.253 e. The maximum absolute atomic E-state index is 13.3. The number of aryl methyl sites for hydroxylation is 3. The number of nitrogens with zero attached hydrogens (tertiary/aromatic N) is 4. The van der Waals surface area contributed by atoms with E-state index in [1.165, 1.54) is 51.9 Å². The summed E-state index contributed by atoms with van der Waals surface area (Å²) in [6.45, 7) is 11.9. The van der Waals surface area contributed by atoms with E-state index in [0.717, 1.165) is 69.1 Å². The van der Waals surface area contributed by atoms with Crippen molar-refractivity contribution in [2.24, 2.45) is 0 Å². The number of thiophene rings is 1. The van der Waals surface area contributed by atoms with Crippen LogP contribution in [0.2, 0.25) is 0 Å². The Bertz CT molecular complexity index is 1220. The zero-order chi connectivity index (χ0) is 25.3. The average molecular weight is 505 g/mol. The van der Waals surface area contributed by atoms with Gasteiger partial charge in [0.15, 0.2) is 0 Å². The van der Waals surface area contributed by atoms with Crippen LogP contribution in [0.5, 0.6) is 0 Å². The van der Waals surface area contributed by atoms with Crippen molar-refractivity contribution in [1.29, 1.82) is 0 Å². The largest absolute Gasteiger partial charge is 0.352 e. The van der Waals surface area contributed by atoms with Crippen LogP contribution in [0.25, 0.3) is 10.2 Å². The van der Waals surface area contributed by atoms with Gasteiger partial charge in [-0.3, -0.25) is 4.79 Å². The van der Waals surface area contributed by atoms with E-state index in [0.29, 0.717) is 0 Å². The summed E-state index contributed by atoms with van der Waals surface area (Å²) in [7, 11) is 0. The fourth-order valence-corrected chi connectivity index (χ4v) is 6.72. The first-order valence-electron chi connectivity index (χ1n) is 13.8. The van der Waals surface area contributed by atoms with E-state index >= 15 is 0 Å². The van der Waals surface area contributed by atoms with Gasteiger partial charge in [-0.25, -0.2) is 9.97 Å². The lowest BCUT2D eigenvalue weighted by Crippen LogP contribution is -2.49. The van der Waals surface area contributed by atoms with E-state index in [2.05, 4.69) is 44.7 Å². The van der Waals surface area contributed by atoms with Crippen LogP contribution in [0, 0.1) is 0 Å². The average Bonchev–Trinajstić information content (AvgIpc) is 3.06. The molecule has 2 aliphatic rings. The molecular weight excluding hydrogens is 464 g/mol. The standard InChI is InChI=1S/C30H40N4OS/c1-5-6-12-25-31-27(26-23-10-8-7-9-11-24(23)36-28(26)32-25)33-17-19-34(20-18-33)29(35)21-13-15-22(16-14-21)30(2,3)4/h13-16H,5-12,17-20H2,1-4H3. The van der Waals surface area contributed by atoms with Crippen molar-refractivity contribution in [3.8, 4) is 0 Å². The van der Waals surface area contributed by atoms with Gasteiger partial charge in [0, 0.05) is 43.0 Å².